The minimum Gasteiger partial charge on any atom is -0.497 e. The molecule has 1 fully saturated rings. The van der Waals surface area contributed by atoms with Gasteiger partial charge in [-0.2, -0.15) is 0 Å². The Morgan fingerprint density at radius 2 is 1.84 bits per heavy atom. The first-order valence-corrected chi connectivity index (χ1v) is 10.9. The predicted molar refractivity (Wildman–Crippen MR) is 122 cm³/mol. The molecule has 1 atom stereocenters. The first-order chi connectivity index (χ1) is 15.0. The van der Waals surface area contributed by atoms with Gasteiger partial charge in [0.05, 0.1) is 26.4 Å². The minimum absolute atomic E-state index is 0.00160. The van der Waals surface area contributed by atoms with E-state index in [1.807, 2.05) is 25.1 Å². The first-order valence-electron chi connectivity index (χ1n) is 10.9. The molecular formula is C25H34N2O4. The molecule has 168 valence electrons. The van der Waals surface area contributed by atoms with Crippen LogP contribution in [0.5, 0.6) is 11.5 Å². The molecule has 1 saturated heterocycles. The largest absolute Gasteiger partial charge is 0.497 e. The highest BCUT2D eigenvalue weighted by Gasteiger charge is 2.23. The van der Waals surface area contributed by atoms with Crippen LogP contribution in [0.3, 0.4) is 0 Å². The maximum Gasteiger partial charge on any atom is 0.258 e. The van der Waals surface area contributed by atoms with Crippen LogP contribution in [-0.2, 0) is 9.53 Å². The van der Waals surface area contributed by atoms with Crippen molar-refractivity contribution in [3.63, 3.8) is 0 Å². The van der Waals surface area contributed by atoms with Gasteiger partial charge in [0.25, 0.3) is 5.91 Å². The van der Waals surface area contributed by atoms with E-state index in [0.717, 1.165) is 41.3 Å². The van der Waals surface area contributed by atoms with Crippen molar-refractivity contribution in [2.24, 2.45) is 0 Å². The number of benzene rings is 2. The van der Waals surface area contributed by atoms with Crippen LogP contribution in [0.4, 0.5) is 0 Å². The average Bonchev–Trinajstić information content (AvgIpc) is 2.79. The Balaban J connectivity index is 1.62. The van der Waals surface area contributed by atoms with Gasteiger partial charge in [0.1, 0.15) is 11.5 Å². The molecule has 1 heterocycles. The Labute approximate surface area is 185 Å². The number of nitrogens with zero attached hydrogens (tertiary/aromatic N) is 1. The smallest absolute Gasteiger partial charge is 0.258 e. The van der Waals surface area contributed by atoms with Crippen LogP contribution in [0, 0.1) is 6.92 Å². The van der Waals surface area contributed by atoms with E-state index < -0.39 is 0 Å². The molecule has 0 spiro atoms. The molecule has 2 aromatic rings. The Kier molecular flexibility index (Phi) is 8.32. The third-order valence-corrected chi connectivity index (χ3v) is 5.63. The van der Waals surface area contributed by atoms with E-state index in [4.69, 9.17) is 14.2 Å². The summed E-state index contributed by atoms with van der Waals surface area (Å²) in [6.45, 7) is 9.87. The van der Waals surface area contributed by atoms with Crippen molar-refractivity contribution >= 4 is 5.91 Å². The number of hydrogen-bond acceptors (Lipinski definition) is 5. The molecule has 1 amide bonds. The van der Waals surface area contributed by atoms with Crippen LogP contribution in [0.2, 0.25) is 0 Å². The van der Waals surface area contributed by atoms with Crippen LogP contribution in [0.1, 0.15) is 42.5 Å². The fourth-order valence-corrected chi connectivity index (χ4v) is 3.82. The van der Waals surface area contributed by atoms with Gasteiger partial charge in [0.2, 0.25) is 0 Å². The second-order valence-corrected chi connectivity index (χ2v) is 8.23. The maximum atomic E-state index is 12.6. The van der Waals surface area contributed by atoms with Gasteiger partial charge in [0, 0.05) is 19.6 Å². The lowest BCUT2D eigenvalue weighted by molar-refractivity contribution is -0.123. The van der Waals surface area contributed by atoms with E-state index in [1.54, 1.807) is 7.11 Å². The van der Waals surface area contributed by atoms with Crippen molar-refractivity contribution < 1.29 is 19.0 Å². The summed E-state index contributed by atoms with van der Waals surface area (Å²) in [6, 6.07) is 14.2. The van der Waals surface area contributed by atoms with Gasteiger partial charge >= 0.3 is 0 Å². The SMILES string of the molecule is COc1ccc(C(CNC(=O)COc2cc(C)ccc2C(C)C)N2CCOCC2)cc1. The van der Waals surface area contributed by atoms with Gasteiger partial charge in [-0.25, -0.2) is 0 Å². The second kappa shape index (κ2) is 11.2. The van der Waals surface area contributed by atoms with Crippen molar-refractivity contribution in [1.82, 2.24) is 10.2 Å². The quantitative estimate of drug-likeness (QED) is 0.663. The zero-order valence-electron chi connectivity index (χ0n) is 19.0. The number of carbonyl (C=O) groups is 1. The van der Waals surface area contributed by atoms with Gasteiger partial charge in [-0.1, -0.05) is 38.1 Å². The summed E-state index contributed by atoms with van der Waals surface area (Å²) < 4.78 is 16.7. The Hall–Kier alpha value is -2.57. The summed E-state index contributed by atoms with van der Waals surface area (Å²) in [5, 5.41) is 3.06. The monoisotopic (exact) mass is 426 g/mol. The topological polar surface area (TPSA) is 60.0 Å². The van der Waals surface area contributed by atoms with Crippen LogP contribution in [-0.4, -0.2) is 57.4 Å². The summed E-state index contributed by atoms with van der Waals surface area (Å²) >= 11 is 0. The van der Waals surface area contributed by atoms with Crippen LogP contribution < -0.4 is 14.8 Å². The van der Waals surface area contributed by atoms with Gasteiger partial charge in [-0.15, -0.1) is 0 Å². The molecule has 2 aromatic carbocycles. The van der Waals surface area contributed by atoms with Crippen molar-refractivity contribution in [2.45, 2.75) is 32.7 Å². The molecule has 0 aromatic heterocycles. The van der Waals surface area contributed by atoms with E-state index in [9.17, 15) is 4.79 Å². The molecule has 3 rings (SSSR count). The van der Waals surface area contributed by atoms with Crippen molar-refractivity contribution in [3.8, 4) is 11.5 Å². The van der Waals surface area contributed by atoms with Gasteiger partial charge in [0.15, 0.2) is 6.61 Å². The van der Waals surface area contributed by atoms with E-state index in [2.05, 4.69) is 48.3 Å². The second-order valence-electron chi connectivity index (χ2n) is 8.23. The Morgan fingerprint density at radius 1 is 1.13 bits per heavy atom. The van der Waals surface area contributed by atoms with Crippen LogP contribution >= 0.6 is 0 Å². The maximum absolute atomic E-state index is 12.6. The highest BCUT2D eigenvalue weighted by atomic mass is 16.5. The fourth-order valence-electron chi connectivity index (χ4n) is 3.82. The lowest BCUT2D eigenvalue weighted by Gasteiger charge is -2.35. The first kappa shape index (κ1) is 23.1. The standard InChI is InChI=1S/C25H34N2O4/c1-18(2)22-10-5-19(3)15-24(22)31-17-25(28)26-16-23(27-11-13-30-14-12-27)20-6-8-21(29-4)9-7-20/h5-10,15,18,23H,11-14,16-17H2,1-4H3,(H,26,28). The Bertz CT molecular complexity index is 845. The number of amides is 1. The number of methoxy groups -OCH3 is 1. The highest BCUT2D eigenvalue weighted by molar-refractivity contribution is 5.77. The molecule has 31 heavy (non-hydrogen) atoms. The molecule has 1 aliphatic rings. The predicted octanol–water partition coefficient (Wildman–Crippen LogP) is 3.70. The molecule has 6 heteroatoms. The lowest BCUT2D eigenvalue weighted by atomic mass is 10.0. The average molecular weight is 427 g/mol. The summed E-state index contributed by atoms with van der Waals surface area (Å²) in [7, 11) is 1.66. The zero-order chi connectivity index (χ0) is 22.2. The molecule has 0 bridgehead atoms. The van der Waals surface area contributed by atoms with E-state index in [-0.39, 0.29) is 18.6 Å². The summed E-state index contributed by atoms with van der Waals surface area (Å²) in [4.78, 5) is 15.0. The zero-order valence-corrected chi connectivity index (χ0v) is 19.0. The van der Waals surface area contributed by atoms with Crippen molar-refractivity contribution in [3.05, 3.63) is 59.2 Å². The molecule has 6 nitrogen and oxygen atoms in total. The number of ether oxygens (including phenoxy) is 3. The van der Waals surface area contributed by atoms with E-state index >= 15 is 0 Å². The van der Waals surface area contributed by atoms with Crippen LogP contribution in [0.15, 0.2) is 42.5 Å². The van der Waals surface area contributed by atoms with Crippen LogP contribution in [0.25, 0.3) is 0 Å². The molecular weight excluding hydrogens is 392 g/mol. The molecule has 1 N–H and O–H groups in total. The lowest BCUT2D eigenvalue weighted by Crippen LogP contribution is -2.44. The van der Waals surface area contributed by atoms with Gasteiger partial charge in [-0.05, 0) is 47.7 Å². The van der Waals surface area contributed by atoms with Gasteiger partial charge in [-0.3, -0.25) is 9.69 Å². The minimum atomic E-state index is -0.122. The molecule has 1 aliphatic heterocycles. The third-order valence-electron chi connectivity index (χ3n) is 5.63. The normalized spacial score (nSPS) is 15.5. The number of nitrogens with one attached hydrogen (secondary N) is 1. The van der Waals surface area contributed by atoms with Crippen molar-refractivity contribution in [1.29, 1.82) is 0 Å². The van der Waals surface area contributed by atoms with Gasteiger partial charge < -0.3 is 19.5 Å². The van der Waals surface area contributed by atoms with Crippen molar-refractivity contribution in [2.75, 3.05) is 46.6 Å². The highest BCUT2D eigenvalue weighted by Crippen LogP contribution is 2.27. The number of rotatable bonds is 9. The molecule has 1 unspecified atom stereocenters. The number of morpholine rings is 1. The summed E-state index contributed by atoms with van der Waals surface area (Å²) in [5.74, 6) is 1.81. The number of carbonyl (C=O) groups excluding carboxylic acids is 1. The molecule has 0 saturated carbocycles. The summed E-state index contributed by atoms with van der Waals surface area (Å²) in [6.07, 6.45) is 0. The fraction of sp³-hybridized carbons (Fsp3) is 0.480. The third kappa shape index (κ3) is 6.45. The molecule has 0 aliphatic carbocycles. The summed E-state index contributed by atoms with van der Waals surface area (Å²) in [5.41, 5.74) is 3.37. The van der Waals surface area contributed by atoms with E-state index in [0.29, 0.717) is 25.7 Å². The number of hydrogen-bond donors (Lipinski definition) is 1. The Morgan fingerprint density at radius 3 is 2.48 bits per heavy atom. The number of aryl methyl sites for hydroxylation is 1. The van der Waals surface area contributed by atoms with E-state index in [1.165, 1.54) is 0 Å². The molecule has 0 radical (unpaired) electrons.